The van der Waals surface area contributed by atoms with Gasteiger partial charge < -0.3 is 4.90 Å². The van der Waals surface area contributed by atoms with E-state index in [0.29, 0.717) is 18.7 Å². The highest BCUT2D eigenvalue weighted by Crippen LogP contribution is 2.42. The number of nitriles is 1. The summed E-state index contributed by atoms with van der Waals surface area (Å²) in [6.07, 6.45) is -0.991. The van der Waals surface area contributed by atoms with Crippen LogP contribution in [0.5, 0.6) is 0 Å². The molecule has 1 saturated carbocycles. The molecule has 1 saturated heterocycles. The van der Waals surface area contributed by atoms with Crippen molar-refractivity contribution >= 4 is 11.6 Å². The smallest absolute Gasteiger partial charge is 0.357 e. The van der Waals surface area contributed by atoms with Crippen LogP contribution in [-0.4, -0.2) is 33.6 Å². The van der Waals surface area contributed by atoms with Gasteiger partial charge in [0.25, 0.3) is 0 Å². The van der Waals surface area contributed by atoms with Crippen molar-refractivity contribution in [1.82, 2.24) is 14.8 Å². The number of piperidine rings is 1. The summed E-state index contributed by atoms with van der Waals surface area (Å²) in [6.45, 7) is 3.14. The van der Waals surface area contributed by atoms with Gasteiger partial charge in [-0.15, -0.1) is 0 Å². The molecule has 0 amide bonds. The van der Waals surface area contributed by atoms with Crippen LogP contribution in [0.2, 0.25) is 0 Å². The van der Waals surface area contributed by atoms with Gasteiger partial charge in [-0.1, -0.05) is 0 Å². The lowest BCUT2D eigenvalue weighted by atomic mass is 9.77. The van der Waals surface area contributed by atoms with E-state index in [0.717, 1.165) is 24.1 Å². The lowest BCUT2D eigenvalue weighted by molar-refractivity contribution is -0.141. The van der Waals surface area contributed by atoms with E-state index in [4.69, 9.17) is 0 Å². The molecular weight excluding hydrogens is 395 g/mol. The molecule has 0 unspecified atom stereocenters. The van der Waals surface area contributed by atoms with Crippen LogP contribution in [0, 0.1) is 18.3 Å². The molecule has 6 nitrogen and oxygen atoms in total. The molecule has 0 atom stereocenters. The molecular formula is C21H22F3N5O. The van der Waals surface area contributed by atoms with Crippen molar-refractivity contribution in [1.29, 1.82) is 5.26 Å². The largest absolute Gasteiger partial charge is 0.434 e. The molecule has 0 bridgehead atoms. The van der Waals surface area contributed by atoms with Crippen molar-refractivity contribution in [2.24, 2.45) is 7.05 Å². The quantitative estimate of drug-likeness (QED) is 0.759. The highest BCUT2D eigenvalue weighted by molar-refractivity contribution is 5.87. The van der Waals surface area contributed by atoms with Gasteiger partial charge in [0.05, 0.1) is 11.8 Å². The van der Waals surface area contributed by atoms with E-state index < -0.39 is 17.4 Å². The predicted octanol–water partition coefficient (Wildman–Crippen LogP) is 3.84. The van der Waals surface area contributed by atoms with E-state index in [9.17, 15) is 23.2 Å². The summed E-state index contributed by atoms with van der Waals surface area (Å²) in [4.78, 5) is 17.1. The minimum atomic E-state index is -4.73. The third kappa shape index (κ3) is 3.55. The number of carbonyl (C=O) groups excluding carboxylic acids is 1. The highest BCUT2D eigenvalue weighted by atomic mass is 19.4. The molecule has 2 fully saturated rings. The van der Waals surface area contributed by atoms with Crippen LogP contribution < -0.4 is 4.90 Å². The van der Waals surface area contributed by atoms with E-state index >= 15 is 0 Å². The number of aryl methyl sites for hydroxylation is 2. The first kappa shape index (κ1) is 20.4. The molecule has 0 N–H and O–H groups in total. The Balaban J connectivity index is 1.64. The number of nitrogens with zero attached hydrogens (tertiary/aromatic N) is 5. The molecule has 2 aromatic heterocycles. The Morgan fingerprint density at radius 2 is 1.87 bits per heavy atom. The van der Waals surface area contributed by atoms with Crippen LogP contribution in [0.1, 0.15) is 65.6 Å². The molecule has 0 spiro atoms. The van der Waals surface area contributed by atoms with E-state index in [2.05, 4.69) is 10.1 Å². The van der Waals surface area contributed by atoms with Gasteiger partial charge in [0.1, 0.15) is 17.7 Å². The number of aromatic nitrogens is 3. The Kier molecular flexibility index (Phi) is 5.04. The van der Waals surface area contributed by atoms with Crippen LogP contribution in [0.3, 0.4) is 0 Å². The number of halogens is 3. The summed E-state index contributed by atoms with van der Waals surface area (Å²) in [6, 6.07) is 3.26. The Morgan fingerprint density at radius 1 is 1.20 bits per heavy atom. The molecule has 2 aliphatic rings. The molecule has 4 rings (SSSR count). The Labute approximate surface area is 172 Å². The maximum absolute atomic E-state index is 13.7. The Morgan fingerprint density at radius 3 is 2.37 bits per heavy atom. The fourth-order valence-electron chi connectivity index (χ4n) is 4.59. The molecule has 0 aromatic carbocycles. The van der Waals surface area contributed by atoms with Gasteiger partial charge in [-0.2, -0.15) is 23.5 Å². The van der Waals surface area contributed by atoms with E-state index in [1.165, 1.54) is 0 Å². The van der Waals surface area contributed by atoms with Crippen molar-refractivity contribution < 1.29 is 18.0 Å². The SMILES string of the molecule is Cc1cnn(C)c1C1CCN(c2cc(C3CC(=O)C3)c(C#N)c(C(F)(F)F)n2)CC1. The van der Waals surface area contributed by atoms with Crippen molar-refractivity contribution in [2.45, 2.75) is 50.6 Å². The van der Waals surface area contributed by atoms with Crippen molar-refractivity contribution in [3.05, 3.63) is 40.3 Å². The molecule has 1 aliphatic heterocycles. The topological polar surface area (TPSA) is 74.8 Å². The Hall–Kier alpha value is -2.89. The number of carbonyl (C=O) groups is 1. The van der Waals surface area contributed by atoms with Gasteiger partial charge >= 0.3 is 6.18 Å². The number of rotatable bonds is 3. The minimum absolute atomic E-state index is 0.00294. The summed E-state index contributed by atoms with van der Waals surface area (Å²) in [7, 11) is 1.90. The second-order valence-electron chi connectivity index (χ2n) is 8.14. The van der Waals surface area contributed by atoms with Crippen LogP contribution in [0.4, 0.5) is 19.0 Å². The maximum atomic E-state index is 13.7. The van der Waals surface area contributed by atoms with E-state index in [1.807, 2.05) is 29.7 Å². The number of hydrogen-bond donors (Lipinski definition) is 0. The van der Waals surface area contributed by atoms with Crippen LogP contribution in [-0.2, 0) is 18.0 Å². The van der Waals surface area contributed by atoms with Crippen molar-refractivity contribution in [2.75, 3.05) is 18.0 Å². The van der Waals surface area contributed by atoms with E-state index in [-0.39, 0.29) is 36.3 Å². The first-order chi connectivity index (χ1) is 14.2. The zero-order valence-electron chi connectivity index (χ0n) is 16.8. The number of ketones is 1. The summed E-state index contributed by atoms with van der Waals surface area (Å²) in [5.74, 6) is 0.182. The van der Waals surface area contributed by atoms with Gasteiger partial charge in [-0.3, -0.25) is 9.48 Å². The Bertz CT molecular complexity index is 1000. The third-order valence-corrected chi connectivity index (χ3v) is 6.19. The molecule has 158 valence electrons. The standard InChI is InChI=1S/C21H22F3N5O/c1-12-11-26-28(2)19(12)13-3-5-29(6-4-13)18-9-16(14-7-15(30)8-14)17(10-25)20(27-18)21(22,23)24/h9,11,13-14H,3-8H2,1-2H3. The molecule has 3 heterocycles. The van der Waals surface area contributed by atoms with E-state index in [1.54, 1.807) is 12.1 Å². The molecule has 30 heavy (non-hydrogen) atoms. The molecule has 0 radical (unpaired) electrons. The number of pyridine rings is 1. The number of alkyl halides is 3. The molecule has 1 aliphatic carbocycles. The number of anilines is 1. The lowest BCUT2D eigenvalue weighted by Gasteiger charge is -2.34. The maximum Gasteiger partial charge on any atom is 0.434 e. The van der Waals surface area contributed by atoms with Gasteiger partial charge in [0, 0.05) is 44.6 Å². The zero-order valence-corrected chi connectivity index (χ0v) is 16.8. The zero-order chi connectivity index (χ0) is 21.6. The summed E-state index contributed by atoms with van der Waals surface area (Å²) >= 11 is 0. The fourth-order valence-corrected chi connectivity index (χ4v) is 4.59. The number of hydrogen-bond acceptors (Lipinski definition) is 5. The normalized spacial score (nSPS) is 18.4. The fraction of sp³-hybridized carbons (Fsp3) is 0.524. The number of Topliss-reactive ketones (excluding diaryl/α,β-unsaturated/α-hetero) is 1. The van der Waals surface area contributed by atoms with Gasteiger partial charge in [0.2, 0.25) is 0 Å². The highest BCUT2D eigenvalue weighted by Gasteiger charge is 2.41. The van der Waals surface area contributed by atoms with Crippen LogP contribution in [0.15, 0.2) is 12.3 Å². The van der Waals surface area contributed by atoms with Gasteiger partial charge in [0.15, 0.2) is 5.69 Å². The second kappa shape index (κ2) is 7.42. The first-order valence-corrected chi connectivity index (χ1v) is 9.96. The second-order valence-corrected chi connectivity index (χ2v) is 8.14. The molecule has 2 aromatic rings. The summed E-state index contributed by atoms with van der Waals surface area (Å²) < 4.78 is 42.8. The summed E-state index contributed by atoms with van der Waals surface area (Å²) in [5, 5.41) is 13.7. The van der Waals surface area contributed by atoms with Gasteiger partial charge in [-0.25, -0.2) is 4.98 Å². The van der Waals surface area contributed by atoms with Crippen LogP contribution >= 0.6 is 0 Å². The average Bonchev–Trinajstić information content (AvgIpc) is 3.02. The van der Waals surface area contributed by atoms with Crippen molar-refractivity contribution in [3.63, 3.8) is 0 Å². The monoisotopic (exact) mass is 417 g/mol. The van der Waals surface area contributed by atoms with Crippen molar-refractivity contribution in [3.8, 4) is 6.07 Å². The van der Waals surface area contributed by atoms with Crippen LogP contribution in [0.25, 0.3) is 0 Å². The molecule has 9 heteroatoms. The first-order valence-electron chi connectivity index (χ1n) is 9.96. The predicted molar refractivity (Wildman–Crippen MR) is 103 cm³/mol. The minimum Gasteiger partial charge on any atom is -0.357 e. The summed E-state index contributed by atoms with van der Waals surface area (Å²) in [5.41, 5.74) is 0.959. The lowest BCUT2D eigenvalue weighted by Crippen LogP contribution is -2.35. The van der Waals surface area contributed by atoms with Gasteiger partial charge in [-0.05, 0) is 42.9 Å². The average molecular weight is 417 g/mol. The third-order valence-electron chi connectivity index (χ3n) is 6.19.